The second-order valence-corrected chi connectivity index (χ2v) is 6.94. The van der Waals surface area contributed by atoms with Gasteiger partial charge in [-0.3, -0.25) is 14.9 Å². The van der Waals surface area contributed by atoms with Gasteiger partial charge in [0, 0.05) is 18.1 Å². The van der Waals surface area contributed by atoms with E-state index in [4.69, 9.17) is 4.74 Å². The molecule has 0 radical (unpaired) electrons. The minimum absolute atomic E-state index is 0.0446. The summed E-state index contributed by atoms with van der Waals surface area (Å²) in [5.41, 5.74) is 1.12. The molecule has 1 saturated heterocycles. The number of rotatable bonds is 5. The zero-order valence-corrected chi connectivity index (χ0v) is 14.3. The molecule has 0 saturated carbocycles. The normalized spacial score (nSPS) is 22.8. The second-order valence-electron chi connectivity index (χ2n) is 6.94. The van der Waals surface area contributed by atoms with Gasteiger partial charge >= 0.3 is 5.97 Å². The van der Waals surface area contributed by atoms with Crippen molar-refractivity contribution in [3.05, 3.63) is 75.8 Å². The molecule has 0 aliphatic carbocycles. The van der Waals surface area contributed by atoms with Crippen LogP contribution in [0.25, 0.3) is 0 Å². The summed E-state index contributed by atoms with van der Waals surface area (Å²) in [4.78, 5) is 23.3. The zero-order chi connectivity index (χ0) is 18.0. The highest BCUT2D eigenvalue weighted by Gasteiger charge is 2.54. The predicted molar refractivity (Wildman–Crippen MR) is 94.4 cm³/mol. The first-order valence-electron chi connectivity index (χ1n) is 8.42. The van der Waals surface area contributed by atoms with E-state index in [0.717, 1.165) is 11.1 Å². The summed E-state index contributed by atoms with van der Waals surface area (Å²) >= 11 is 0. The number of esters is 1. The lowest BCUT2D eigenvalue weighted by Crippen LogP contribution is -2.38. The third-order valence-electron chi connectivity index (χ3n) is 4.87. The van der Waals surface area contributed by atoms with Gasteiger partial charge in [-0.25, -0.2) is 0 Å². The number of cyclic esters (lactones) is 1. The summed E-state index contributed by atoms with van der Waals surface area (Å²) in [5, 5.41) is 10.9. The molecule has 0 spiro atoms. The van der Waals surface area contributed by atoms with Crippen LogP contribution in [0.1, 0.15) is 37.3 Å². The van der Waals surface area contributed by atoms with Crippen molar-refractivity contribution in [1.29, 1.82) is 0 Å². The molecule has 0 unspecified atom stereocenters. The molecule has 5 heteroatoms. The smallest absolute Gasteiger partial charge is 0.317 e. The van der Waals surface area contributed by atoms with Crippen molar-refractivity contribution in [2.75, 3.05) is 6.61 Å². The number of carbonyl (C=O) groups excluding carboxylic acids is 1. The van der Waals surface area contributed by atoms with Gasteiger partial charge in [-0.15, -0.1) is 0 Å². The number of ether oxygens (including phenoxy) is 1. The highest BCUT2D eigenvalue weighted by Crippen LogP contribution is 2.49. The van der Waals surface area contributed by atoms with Gasteiger partial charge in [0.05, 0.1) is 11.5 Å². The predicted octanol–water partition coefficient (Wildman–Crippen LogP) is 4.22. The number of carbonyl (C=O) groups is 1. The fraction of sp³-hybridized carbons (Fsp3) is 0.350. The number of benzene rings is 2. The summed E-state index contributed by atoms with van der Waals surface area (Å²) in [5.74, 6) is -0.0761. The first-order valence-corrected chi connectivity index (χ1v) is 8.42. The van der Waals surface area contributed by atoms with Gasteiger partial charge in [-0.05, 0) is 23.5 Å². The van der Waals surface area contributed by atoms with E-state index in [0.29, 0.717) is 12.3 Å². The average molecular weight is 339 g/mol. The van der Waals surface area contributed by atoms with E-state index >= 15 is 0 Å². The average Bonchev–Trinajstić information content (AvgIpc) is 2.92. The quantitative estimate of drug-likeness (QED) is 0.464. The van der Waals surface area contributed by atoms with Crippen LogP contribution in [0.15, 0.2) is 54.6 Å². The Bertz CT molecular complexity index is 770. The molecule has 0 N–H and O–H groups in total. The van der Waals surface area contributed by atoms with E-state index in [-0.39, 0.29) is 24.2 Å². The minimum Gasteiger partial charge on any atom is -0.464 e. The van der Waals surface area contributed by atoms with Crippen LogP contribution in [0.5, 0.6) is 0 Å². The van der Waals surface area contributed by atoms with Gasteiger partial charge in [0.25, 0.3) is 5.69 Å². The largest absolute Gasteiger partial charge is 0.464 e. The Balaban J connectivity index is 2.10. The molecular weight excluding hydrogens is 318 g/mol. The summed E-state index contributed by atoms with van der Waals surface area (Å²) in [7, 11) is 0. The number of non-ortho nitro benzene ring substituents is 1. The van der Waals surface area contributed by atoms with Crippen molar-refractivity contribution in [2.45, 2.75) is 31.6 Å². The van der Waals surface area contributed by atoms with Crippen LogP contribution >= 0.6 is 0 Å². The van der Waals surface area contributed by atoms with Crippen LogP contribution in [-0.2, 0) is 14.9 Å². The maximum Gasteiger partial charge on any atom is 0.317 e. The summed E-state index contributed by atoms with van der Waals surface area (Å²) in [6.07, 6.45) is 0.664. The molecule has 1 aliphatic rings. The Kier molecular flexibility index (Phi) is 4.57. The Morgan fingerprint density at radius 1 is 1.16 bits per heavy atom. The maximum atomic E-state index is 12.9. The molecule has 0 amide bonds. The van der Waals surface area contributed by atoms with Crippen molar-refractivity contribution in [1.82, 2.24) is 0 Å². The van der Waals surface area contributed by atoms with Crippen molar-refractivity contribution in [3.8, 4) is 0 Å². The first-order chi connectivity index (χ1) is 11.9. The lowest BCUT2D eigenvalue weighted by atomic mass is 9.65. The lowest BCUT2D eigenvalue weighted by molar-refractivity contribution is -0.384. The molecule has 0 aromatic heterocycles. The molecule has 1 aliphatic heterocycles. The SMILES string of the molecule is CC(C)C[C@]1(c2ccccc2)C(=O)OC[C@@H]1c1ccc([N+](=O)[O-])cc1. The van der Waals surface area contributed by atoms with Crippen molar-refractivity contribution in [3.63, 3.8) is 0 Å². The number of nitrogens with zero attached hydrogens (tertiary/aromatic N) is 1. The highest BCUT2D eigenvalue weighted by atomic mass is 16.6. The molecule has 130 valence electrons. The Morgan fingerprint density at radius 2 is 1.80 bits per heavy atom. The Hall–Kier alpha value is -2.69. The summed E-state index contributed by atoms with van der Waals surface area (Å²) < 4.78 is 5.50. The zero-order valence-electron chi connectivity index (χ0n) is 14.3. The molecule has 3 rings (SSSR count). The molecule has 2 aromatic carbocycles. The van der Waals surface area contributed by atoms with Crippen LogP contribution in [-0.4, -0.2) is 17.5 Å². The van der Waals surface area contributed by atoms with E-state index in [9.17, 15) is 14.9 Å². The van der Waals surface area contributed by atoms with E-state index in [2.05, 4.69) is 13.8 Å². The summed E-state index contributed by atoms with van der Waals surface area (Å²) in [6, 6.07) is 16.2. The fourth-order valence-corrected chi connectivity index (χ4v) is 3.82. The van der Waals surface area contributed by atoms with Crippen LogP contribution in [0.2, 0.25) is 0 Å². The second kappa shape index (κ2) is 6.67. The fourth-order valence-electron chi connectivity index (χ4n) is 3.82. The molecule has 1 fully saturated rings. The number of hydrogen-bond donors (Lipinski definition) is 0. The standard InChI is InChI=1S/C20H21NO4/c1-14(2)12-20(16-6-4-3-5-7-16)18(13-25-19(20)22)15-8-10-17(11-9-15)21(23)24/h3-11,14,18H,12-13H2,1-2H3/t18-,20-/m1/s1. The summed E-state index contributed by atoms with van der Waals surface area (Å²) in [6.45, 7) is 4.46. The van der Waals surface area contributed by atoms with Crippen LogP contribution < -0.4 is 0 Å². The third-order valence-corrected chi connectivity index (χ3v) is 4.87. The maximum absolute atomic E-state index is 12.9. The molecule has 0 bridgehead atoms. The minimum atomic E-state index is -0.758. The van der Waals surface area contributed by atoms with Crippen LogP contribution in [0, 0.1) is 16.0 Å². The monoisotopic (exact) mass is 339 g/mol. The lowest BCUT2D eigenvalue weighted by Gasteiger charge is -2.33. The molecular formula is C20H21NO4. The van der Waals surface area contributed by atoms with Gasteiger partial charge in [0.2, 0.25) is 0 Å². The molecule has 25 heavy (non-hydrogen) atoms. The number of nitro groups is 1. The molecule has 2 atom stereocenters. The first kappa shape index (κ1) is 17.1. The van der Waals surface area contributed by atoms with Gasteiger partial charge < -0.3 is 4.74 Å². The number of nitro benzene ring substituents is 1. The van der Waals surface area contributed by atoms with E-state index in [1.807, 2.05) is 30.3 Å². The molecule has 5 nitrogen and oxygen atoms in total. The van der Waals surface area contributed by atoms with Gasteiger partial charge in [0.1, 0.15) is 5.41 Å². The van der Waals surface area contributed by atoms with Crippen molar-refractivity contribution in [2.24, 2.45) is 5.92 Å². The van der Waals surface area contributed by atoms with Crippen LogP contribution in [0.3, 0.4) is 0 Å². The van der Waals surface area contributed by atoms with Gasteiger partial charge in [-0.2, -0.15) is 0 Å². The van der Waals surface area contributed by atoms with Crippen molar-refractivity contribution < 1.29 is 14.5 Å². The third kappa shape index (κ3) is 3.02. The van der Waals surface area contributed by atoms with Crippen molar-refractivity contribution >= 4 is 11.7 Å². The highest BCUT2D eigenvalue weighted by molar-refractivity contribution is 5.87. The van der Waals surface area contributed by atoms with Crippen LogP contribution in [0.4, 0.5) is 5.69 Å². The molecule has 2 aromatic rings. The van der Waals surface area contributed by atoms with E-state index in [1.165, 1.54) is 12.1 Å². The van der Waals surface area contributed by atoms with E-state index in [1.54, 1.807) is 12.1 Å². The van der Waals surface area contributed by atoms with E-state index < -0.39 is 10.3 Å². The van der Waals surface area contributed by atoms with Gasteiger partial charge in [0.15, 0.2) is 0 Å². The topological polar surface area (TPSA) is 69.4 Å². The number of hydrogen-bond acceptors (Lipinski definition) is 4. The van der Waals surface area contributed by atoms with Gasteiger partial charge in [-0.1, -0.05) is 56.3 Å². The molecule has 1 heterocycles. The Morgan fingerprint density at radius 3 is 2.36 bits per heavy atom. The Labute approximate surface area is 146 Å².